The standard InChI is InChI=1S/C22H28N4O3S/c1-14(2)17(13-23)25-8-10-26(11-9-25)22(27)20-15(3)24-21(30-20)16-6-7-18(28-4)19(12-16)29-5/h6-7,12,14,17H,8-11H2,1-5H3. The van der Waals surface area contributed by atoms with Crippen LogP contribution in [0, 0.1) is 24.2 Å². The number of benzene rings is 1. The van der Waals surface area contributed by atoms with E-state index in [1.165, 1.54) is 11.3 Å². The number of thiazole rings is 1. The number of ether oxygens (including phenoxy) is 2. The molecule has 0 spiro atoms. The van der Waals surface area contributed by atoms with Gasteiger partial charge in [-0.2, -0.15) is 5.26 Å². The first-order valence-corrected chi connectivity index (χ1v) is 10.8. The Morgan fingerprint density at radius 3 is 2.40 bits per heavy atom. The van der Waals surface area contributed by atoms with Crippen LogP contribution in [-0.4, -0.2) is 67.1 Å². The van der Waals surface area contributed by atoms with Crippen LogP contribution < -0.4 is 9.47 Å². The molecule has 1 aliphatic heterocycles. The van der Waals surface area contributed by atoms with E-state index in [1.807, 2.05) is 30.0 Å². The number of methoxy groups -OCH3 is 2. The van der Waals surface area contributed by atoms with Gasteiger partial charge in [0.25, 0.3) is 5.91 Å². The Morgan fingerprint density at radius 1 is 1.17 bits per heavy atom. The van der Waals surface area contributed by atoms with E-state index in [9.17, 15) is 10.1 Å². The van der Waals surface area contributed by atoms with Gasteiger partial charge < -0.3 is 14.4 Å². The summed E-state index contributed by atoms with van der Waals surface area (Å²) in [6, 6.07) is 7.91. The minimum absolute atomic E-state index is 0.00873. The molecule has 1 amide bonds. The predicted octanol–water partition coefficient (Wildman–Crippen LogP) is 3.44. The molecule has 3 rings (SSSR count). The summed E-state index contributed by atoms with van der Waals surface area (Å²) in [6.45, 7) is 8.64. The van der Waals surface area contributed by atoms with Crippen LogP contribution in [0.5, 0.6) is 11.5 Å². The van der Waals surface area contributed by atoms with Gasteiger partial charge in [-0.1, -0.05) is 13.8 Å². The molecule has 1 aromatic carbocycles. The van der Waals surface area contributed by atoms with E-state index in [4.69, 9.17) is 9.47 Å². The highest BCUT2D eigenvalue weighted by Gasteiger charge is 2.29. The largest absolute Gasteiger partial charge is 0.493 e. The molecule has 1 aromatic heterocycles. The van der Waals surface area contributed by atoms with E-state index in [-0.39, 0.29) is 17.9 Å². The topological polar surface area (TPSA) is 78.7 Å². The summed E-state index contributed by atoms with van der Waals surface area (Å²) in [4.78, 5) is 22.5. The average molecular weight is 429 g/mol. The zero-order valence-electron chi connectivity index (χ0n) is 18.1. The third-order valence-electron chi connectivity index (χ3n) is 5.38. The number of amides is 1. The molecule has 0 bridgehead atoms. The molecule has 1 aliphatic rings. The fourth-order valence-electron chi connectivity index (χ4n) is 3.69. The molecule has 160 valence electrons. The molecule has 0 saturated carbocycles. The molecular formula is C22H28N4O3S. The number of hydrogen-bond acceptors (Lipinski definition) is 7. The van der Waals surface area contributed by atoms with Crippen molar-refractivity contribution < 1.29 is 14.3 Å². The van der Waals surface area contributed by atoms with Gasteiger partial charge in [-0.15, -0.1) is 11.3 Å². The van der Waals surface area contributed by atoms with Crippen LogP contribution in [0.4, 0.5) is 0 Å². The smallest absolute Gasteiger partial charge is 0.265 e. The van der Waals surface area contributed by atoms with Gasteiger partial charge in [0, 0.05) is 31.7 Å². The summed E-state index contributed by atoms with van der Waals surface area (Å²) in [5.74, 6) is 1.56. The Hall–Kier alpha value is -2.63. The van der Waals surface area contributed by atoms with Crippen molar-refractivity contribution in [3.63, 3.8) is 0 Å². The number of carbonyl (C=O) groups excluding carboxylic acids is 1. The summed E-state index contributed by atoms with van der Waals surface area (Å²) in [7, 11) is 3.20. The number of hydrogen-bond donors (Lipinski definition) is 0. The number of rotatable bonds is 6. The first-order valence-electron chi connectivity index (χ1n) is 10.0. The van der Waals surface area contributed by atoms with Crippen molar-refractivity contribution in [1.29, 1.82) is 5.26 Å². The lowest BCUT2D eigenvalue weighted by atomic mass is 10.0. The Labute approximate surface area is 181 Å². The summed E-state index contributed by atoms with van der Waals surface area (Å²) in [5.41, 5.74) is 1.62. The Bertz CT molecular complexity index is 942. The van der Waals surface area contributed by atoms with Crippen molar-refractivity contribution in [2.45, 2.75) is 26.8 Å². The highest BCUT2D eigenvalue weighted by atomic mass is 32.1. The molecule has 1 atom stereocenters. The summed E-state index contributed by atoms with van der Waals surface area (Å²) in [5, 5.41) is 10.2. The van der Waals surface area contributed by atoms with Gasteiger partial charge in [-0.05, 0) is 31.0 Å². The first kappa shape index (κ1) is 22.1. The summed E-state index contributed by atoms with van der Waals surface area (Å²) >= 11 is 1.40. The number of nitrogens with zero attached hydrogens (tertiary/aromatic N) is 4. The fourth-order valence-corrected chi connectivity index (χ4v) is 4.72. The highest BCUT2D eigenvalue weighted by Crippen LogP contribution is 2.35. The van der Waals surface area contributed by atoms with Crippen molar-refractivity contribution in [3.05, 3.63) is 28.8 Å². The van der Waals surface area contributed by atoms with Crippen LogP contribution in [0.2, 0.25) is 0 Å². The van der Waals surface area contributed by atoms with Crippen molar-refractivity contribution in [2.75, 3.05) is 40.4 Å². The number of aromatic nitrogens is 1. The average Bonchev–Trinajstić information content (AvgIpc) is 3.15. The summed E-state index contributed by atoms with van der Waals surface area (Å²) in [6.07, 6.45) is 0. The first-order chi connectivity index (χ1) is 14.4. The van der Waals surface area contributed by atoms with Gasteiger partial charge in [0.05, 0.1) is 26.0 Å². The molecule has 2 heterocycles. The van der Waals surface area contributed by atoms with Gasteiger partial charge in [0.1, 0.15) is 15.9 Å². The van der Waals surface area contributed by atoms with Crippen LogP contribution in [0.3, 0.4) is 0 Å². The van der Waals surface area contributed by atoms with Crippen molar-refractivity contribution in [2.24, 2.45) is 5.92 Å². The maximum absolute atomic E-state index is 13.1. The second-order valence-electron chi connectivity index (χ2n) is 7.65. The van der Waals surface area contributed by atoms with Gasteiger partial charge in [-0.25, -0.2) is 4.98 Å². The SMILES string of the molecule is COc1ccc(-c2nc(C)c(C(=O)N3CCN(C(C#N)C(C)C)CC3)s2)cc1OC. The van der Waals surface area contributed by atoms with E-state index in [1.54, 1.807) is 14.2 Å². The Kier molecular flexibility index (Phi) is 6.95. The Morgan fingerprint density at radius 2 is 1.83 bits per heavy atom. The molecule has 7 nitrogen and oxygen atoms in total. The molecule has 0 N–H and O–H groups in total. The van der Waals surface area contributed by atoms with Crippen LogP contribution in [-0.2, 0) is 0 Å². The Balaban J connectivity index is 1.75. The van der Waals surface area contributed by atoms with Crippen molar-refractivity contribution in [1.82, 2.24) is 14.8 Å². The summed E-state index contributed by atoms with van der Waals surface area (Å²) < 4.78 is 10.7. The highest BCUT2D eigenvalue weighted by molar-refractivity contribution is 7.17. The lowest BCUT2D eigenvalue weighted by Crippen LogP contribution is -2.52. The van der Waals surface area contributed by atoms with Gasteiger partial charge >= 0.3 is 0 Å². The molecule has 0 aliphatic carbocycles. The molecule has 1 fully saturated rings. The zero-order chi connectivity index (χ0) is 21.8. The maximum atomic E-state index is 13.1. The molecule has 2 aromatic rings. The zero-order valence-corrected chi connectivity index (χ0v) is 19.0. The second-order valence-corrected chi connectivity index (χ2v) is 8.65. The molecule has 8 heteroatoms. The second kappa shape index (κ2) is 9.45. The predicted molar refractivity (Wildman–Crippen MR) is 117 cm³/mol. The number of nitriles is 1. The lowest BCUT2D eigenvalue weighted by Gasteiger charge is -2.38. The van der Waals surface area contributed by atoms with Crippen molar-refractivity contribution >= 4 is 17.2 Å². The third-order valence-corrected chi connectivity index (χ3v) is 6.57. The number of piperazine rings is 1. The van der Waals surface area contributed by atoms with E-state index in [2.05, 4.69) is 29.8 Å². The number of carbonyl (C=O) groups is 1. The van der Waals surface area contributed by atoms with Gasteiger partial charge in [0.15, 0.2) is 11.5 Å². The monoisotopic (exact) mass is 428 g/mol. The molecular weight excluding hydrogens is 400 g/mol. The minimum atomic E-state index is -0.107. The van der Waals surface area contributed by atoms with E-state index in [0.717, 1.165) is 16.3 Å². The third kappa shape index (κ3) is 4.42. The van der Waals surface area contributed by atoms with Crippen molar-refractivity contribution in [3.8, 4) is 28.1 Å². The van der Waals surface area contributed by atoms with E-state index in [0.29, 0.717) is 42.6 Å². The normalized spacial score (nSPS) is 15.7. The number of aryl methyl sites for hydroxylation is 1. The lowest BCUT2D eigenvalue weighted by molar-refractivity contribution is 0.0580. The van der Waals surface area contributed by atoms with Gasteiger partial charge in [0.2, 0.25) is 0 Å². The van der Waals surface area contributed by atoms with Gasteiger partial charge in [-0.3, -0.25) is 9.69 Å². The quantitative estimate of drug-likeness (QED) is 0.701. The molecule has 30 heavy (non-hydrogen) atoms. The van der Waals surface area contributed by atoms with Crippen LogP contribution >= 0.6 is 11.3 Å². The minimum Gasteiger partial charge on any atom is -0.493 e. The maximum Gasteiger partial charge on any atom is 0.265 e. The molecule has 1 saturated heterocycles. The van der Waals surface area contributed by atoms with Crippen LogP contribution in [0.15, 0.2) is 18.2 Å². The molecule has 0 radical (unpaired) electrons. The van der Waals surface area contributed by atoms with Crippen LogP contribution in [0.1, 0.15) is 29.2 Å². The van der Waals surface area contributed by atoms with Crippen LogP contribution in [0.25, 0.3) is 10.6 Å². The molecule has 1 unspecified atom stereocenters. The fraction of sp³-hybridized carbons (Fsp3) is 0.500. The van der Waals surface area contributed by atoms with E-state index < -0.39 is 0 Å². The van der Waals surface area contributed by atoms with E-state index >= 15 is 0 Å².